The zero-order valence-electron chi connectivity index (χ0n) is 9.79. The maximum absolute atomic E-state index is 5.66. The zero-order chi connectivity index (χ0) is 11.3. The van der Waals surface area contributed by atoms with E-state index in [0.29, 0.717) is 6.54 Å². The number of ether oxygens (including phenoxy) is 1. The molecule has 0 radical (unpaired) electrons. The molecule has 1 aromatic rings. The molecule has 1 rings (SSSR count). The lowest BCUT2D eigenvalue weighted by molar-refractivity contribution is 0.345. The summed E-state index contributed by atoms with van der Waals surface area (Å²) >= 11 is 0. The van der Waals surface area contributed by atoms with Crippen molar-refractivity contribution >= 4 is 0 Å². The minimum atomic E-state index is 0.521. The van der Waals surface area contributed by atoms with Crippen molar-refractivity contribution in [3.05, 3.63) is 29.3 Å². The first-order chi connectivity index (χ1) is 7.21. The van der Waals surface area contributed by atoms with Crippen LogP contribution in [0.4, 0.5) is 0 Å². The third-order valence-corrected chi connectivity index (χ3v) is 2.56. The topological polar surface area (TPSA) is 38.5 Å². The van der Waals surface area contributed by atoms with Gasteiger partial charge in [0, 0.05) is 18.7 Å². The van der Waals surface area contributed by atoms with Gasteiger partial charge in [0.25, 0.3) is 0 Å². The van der Waals surface area contributed by atoms with Gasteiger partial charge in [-0.05, 0) is 31.3 Å². The Morgan fingerprint density at radius 2 is 2.13 bits per heavy atom. The lowest BCUT2D eigenvalue weighted by atomic mass is 10.1. The van der Waals surface area contributed by atoms with Gasteiger partial charge >= 0.3 is 0 Å². The predicted octanol–water partition coefficient (Wildman–Crippen LogP) is 1.61. The van der Waals surface area contributed by atoms with Crippen LogP contribution in [0.1, 0.15) is 18.1 Å². The van der Waals surface area contributed by atoms with Gasteiger partial charge in [0.15, 0.2) is 0 Å². The van der Waals surface area contributed by atoms with Crippen molar-refractivity contribution in [1.29, 1.82) is 0 Å². The predicted molar refractivity (Wildman–Crippen MR) is 62.9 cm³/mol. The van der Waals surface area contributed by atoms with Crippen LogP contribution in [0.5, 0.6) is 5.75 Å². The van der Waals surface area contributed by atoms with Crippen molar-refractivity contribution in [3.8, 4) is 5.75 Å². The summed E-state index contributed by atoms with van der Waals surface area (Å²) < 4.78 is 5.23. The highest BCUT2D eigenvalue weighted by molar-refractivity contribution is 5.37. The van der Waals surface area contributed by atoms with Crippen LogP contribution in [0.25, 0.3) is 0 Å². The van der Waals surface area contributed by atoms with Crippen LogP contribution in [0, 0.1) is 0 Å². The summed E-state index contributed by atoms with van der Waals surface area (Å²) in [6.45, 7) is 4.66. The van der Waals surface area contributed by atoms with E-state index >= 15 is 0 Å². The van der Waals surface area contributed by atoms with Crippen LogP contribution in [-0.2, 0) is 13.1 Å². The number of hydrogen-bond donors (Lipinski definition) is 1. The van der Waals surface area contributed by atoms with Gasteiger partial charge in [0.2, 0.25) is 0 Å². The normalized spacial score (nSPS) is 10.7. The van der Waals surface area contributed by atoms with E-state index in [1.165, 1.54) is 5.56 Å². The Morgan fingerprint density at radius 1 is 1.40 bits per heavy atom. The molecule has 3 heteroatoms. The number of methoxy groups -OCH3 is 1. The second-order valence-corrected chi connectivity index (χ2v) is 3.68. The highest BCUT2D eigenvalue weighted by Crippen LogP contribution is 2.19. The standard InChI is InChI=1S/C12H20N2O/c1-4-14(2)9-10-5-6-12(15-3)11(7-10)8-13/h5-7H,4,8-9,13H2,1-3H3. The van der Waals surface area contributed by atoms with Crippen molar-refractivity contribution in [1.82, 2.24) is 4.90 Å². The third-order valence-electron chi connectivity index (χ3n) is 2.56. The lowest BCUT2D eigenvalue weighted by Gasteiger charge is -2.15. The van der Waals surface area contributed by atoms with Crippen LogP contribution in [0.15, 0.2) is 18.2 Å². The fourth-order valence-corrected chi connectivity index (χ4v) is 1.51. The largest absolute Gasteiger partial charge is 0.496 e. The number of nitrogens with zero attached hydrogens (tertiary/aromatic N) is 1. The van der Waals surface area contributed by atoms with Crippen LogP contribution >= 0.6 is 0 Å². The van der Waals surface area contributed by atoms with Gasteiger partial charge < -0.3 is 15.4 Å². The Labute approximate surface area is 91.8 Å². The average Bonchev–Trinajstić information content (AvgIpc) is 2.28. The number of rotatable bonds is 5. The Hall–Kier alpha value is -1.06. The van der Waals surface area contributed by atoms with Crippen molar-refractivity contribution in [2.75, 3.05) is 20.7 Å². The molecule has 84 valence electrons. The fraction of sp³-hybridized carbons (Fsp3) is 0.500. The molecule has 0 unspecified atom stereocenters. The molecule has 3 nitrogen and oxygen atoms in total. The zero-order valence-corrected chi connectivity index (χ0v) is 9.79. The van der Waals surface area contributed by atoms with E-state index in [0.717, 1.165) is 24.4 Å². The molecule has 2 N–H and O–H groups in total. The molecule has 0 saturated carbocycles. The smallest absolute Gasteiger partial charge is 0.123 e. The molecule has 0 saturated heterocycles. The van der Waals surface area contributed by atoms with Crippen molar-refractivity contribution in [2.24, 2.45) is 5.73 Å². The molecule has 0 aliphatic carbocycles. The second-order valence-electron chi connectivity index (χ2n) is 3.68. The van der Waals surface area contributed by atoms with Crippen LogP contribution in [-0.4, -0.2) is 25.6 Å². The molecule has 0 atom stereocenters. The van der Waals surface area contributed by atoms with Gasteiger partial charge in [-0.2, -0.15) is 0 Å². The fourth-order valence-electron chi connectivity index (χ4n) is 1.51. The molecule has 1 aromatic carbocycles. The van der Waals surface area contributed by atoms with Crippen molar-refractivity contribution in [3.63, 3.8) is 0 Å². The van der Waals surface area contributed by atoms with E-state index in [-0.39, 0.29) is 0 Å². The summed E-state index contributed by atoms with van der Waals surface area (Å²) in [5.41, 5.74) is 8.01. The maximum Gasteiger partial charge on any atom is 0.123 e. The quantitative estimate of drug-likeness (QED) is 0.799. The number of nitrogens with two attached hydrogens (primary N) is 1. The molecular weight excluding hydrogens is 188 g/mol. The number of hydrogen-bond acceptors (Lipinski definition) is 3. The summed E-state index contributed by atoms with van der Waals surface area (Å²) in [6.07, 6.45) is 0. The average molecular weight is 208 g/mol. The lowest BCUT2D eigenvalue weighted by Crippen LogP contribution is -2.17. The minimum absolute atomic E-state index is 0.521. The van der Waals surface area contributed by atoms with Crippen LogP contribution < -0.4 is 10.5 Å². The Kier molecular flexibility index (Phi) is 4.59. The van der Waals surface area contributed by atoms with Crippen LogP contribution in [0.3, 0.4) is 0 Å². The molecule has 0 aliphatic heterocycles. The Balaban J connectivity index is 2.83. The SMILES string of the molecule is CCN(C)Cc1ccc(OC)c(CN)c1. The van der Waals surface area contributed by atoms with Gasteiger partial charge in [0.1, 0.15) is 5.75 Å². The van der Waals surface area contributed by atoms with Gasteiger partial charge in [-0.15, -0.1) is 0 Å². The second kappa shape index (κ2) is 5.73. The minimum Gasteiger partial charge on any atom is -0.496 e. The molecule has 0 spiro atoms. The molecule has 0 aromatic heterocycles. The molecule has 0 bridgehead atoms. The highest BCUT2D eigenvalue weighted by atomic mass is 16.5. The third kappa shape index (κ3) is 3.22. The summed E-state index contributed by atoms with van der Waals surface area (Å²) in [4.78, 5) is 2.25. The van der Waals surface area contributed by atoms with Gasteiger partial charge in [0.05, 0.1) is 7.11 Å². The van der Waals surface area contributed by atoms with Gasteiger partial charge in [-0.3, -0.25) is 0 Å². The van der Waals surface area contributed by atoms with Crippen LogP contribution in [0.2, 0.25) is 0 Å². The summed E-state index contributed by atoms with van der Waals surface area (Å²) in [6, 6.07) is 6.19. The molecule has 0 heterocycles. The summed E-state index contributed by atoms with van der Waals surface area (Å²) in [5.74, 6) is 0.875. The molecule has 0 amide bonds. The maximum atomic E-state index is 5.66. The Morgan fingerprint density at radius 3 is 2.67 bits per heavy atom. The molecular formula is C12H20N2O. The first kappa shape index (κ1) is 12.0. The van der Waals surface area contributed by atoms with Gasteiger partial charge in [-0.25, -0.2) is 0 Å². The van der Waals surface area contributed by atoms with Gasteiger partial charge in [-0.1, -0.05) is 13.0 Å². The monoisotopic (exact) mass is 208 g/mol. The van der Waals surface area contributed by atoms with E-state index in [1.807, 2.05) is 6.07 Å². The summed E-state index contributed by atoms with van der Waals surface area (Å²) in [5, 5.41) is 0. The van der Waals surface area contributed by atoms with E-state index in [1.54, 1.807) is 7.11 Å². The molecule has 0 aliphatic rings. The first-order valence-corrected chi connectivity index (χ1v) is 5.25. The van der Waals surface area contributed by atoms with E-state index in [4.69, 9.17) is 10.5 Å². The first-order valence-electron chi connectivity index (χ1n) is 5.25. The Bertz CT molecular complexity index is 312. The highest BCUT2D eigenvalue weighted by Gasteiger charge is 2.04. The van der Waals surface area contributed by atoms with Crippen molar-refractivity contribution < 1.29 is 4.74 Å². The van der Waals surface area contributed by atoms with E-state index in [9.17, 15) is 0 Å². The van der Waals surface area contributed by atoms with E-state index in [2.05, 4.69) is 31.0 Å². The van der Waals surface area contributed by atoms with E-state index < -0.39 is 0 Å². The summed E-state index contributed by atoms with van der Waals surface area (Å²) in [7, 11) is 3.78. The number of benzene rings is 1. The van der Waals surface area contributed by atoms with Crippen molar-refractivity contribution in [2.45, 2.75) is 20.0 Å². The molecule has 15 heavy (non-hydrogen) atoms. The molecule has 0 fully saturated rings.